The molecule has 1 aliphatic rings. The Bertz CT molecular complexity index is 1110. The van der Waals surface area contributed by atoms with Gasteiger partial charge in [-0.05, 0) is 35.7 Å². The molecule has 9 heteroatoms. The lowest BCUT2D eigenvalue weighted by atomic mass is 9.98. The molecule has 0 saturated carbocycles. The van der Waals surface area contributed by atoms with Crippen LogP contribution in [0.1, 0.15) is 23.5 Å². The van der Waals surface area contributed by atoms with Crippen molar-refractivity contribution < 1.29 is 18.5 Å². The van der Waals surface area contributed by atoms with Crippen LogP contribution >= 0.6 is 7.75 Å². The molecule has 2 N–H and O–H groups in total. The van der Waals surface area contributed by atoms with E-state index >= 15 is 0 Å². The average molecular weight is 453 g/mol. The fourth-order valence-electron chi connectivity index (χ4n) is 3.60. The summed E-state index contributed by atoms with van der Waals surface area (Å²) in [5, 5.41) is 17.2. The smallest absolute Gasteiger partial charge is 0.413 e. The quantitative estimate of drug-likeness (QED) is 0.238. The first-order valence-electron chi connectivity index (χ1n) is 10.3. The van der Waals surface area contributed by atoms with Gasteiger partial charge in [0, 0.05) is 36.8 Å². The summed E-state index contributed by atoms with van der Waals surface area (Å²) in [4.78, 5) is 10.4. The Morgan fingerprint density at radius 2 is 1.75 bits per heavy atom. The second-order valence-electron chi connectivity index (χ2n) is 7.46. The van der Waals surface area contributed by atoms with Gasteiger partial charge in [0.1, 0.15) is 5.75 Å². The van der Waals surface area contributed by atoms with E-state index in [1.165, 1.54) is 29.8 Å². The van der Waals surface area contributed by atoms with Gasteiger partial charge in [0.25, 0.3) is 5.69 Å². The molecule has 2 atom stereocenters. The number of hydrogen-bond acceptors (Lipinski definition) is 6. The van der Waals surface area contributed by atoms with E-state index in [0.717, 1.165) is 24.2 Å². The van der Waals surface area contributed by atoms with Crippen molar-refractivity contribution in [2.24, 2.45) is 0 Å². The molecule has 0 spiro atoms. The van der Waals surface area contributed by atoms with Crippen LogP contribution in [0.15, 0.2) is 78.9 Å². The molecule has 8 nitrogen and oxygen atoms in total. The van der Waals surface area contributed by atoms with Crippen molar-refractivity contribution in [3.05, 3.63) is 100 Å². The number of nitro benzene ring substituents is 1. The van der Waals surface area contributed by atoms with Gasteiger partial charge in [-0.1, -0.05) is 48.5 Å². The van der Waals surface area contributed by atoms with Crippen LogP contribution in [0.5, 0.6) is 5.75 Å². The molecule has 1 heterocycles. The first-order chi connectivity index (χ1) is 15.5. The van der Waals surface area contributed by atoms with Crippen LogP contribution < -0.4 is 14.9 Å². The minimum Gasteiger partial charge on any atom is -0.413 e. The summed E-state index contributed by atoms with van der Waals surface area (Å²) in [6, 6.07) is 23.0. The zero-order valence-electron chi connectivity index (χ0n) is 17.3. The van der Waals surface area contributed by atoms with E-state index in [-0.39, 0.29) is 18.0 Å². The third kappa shape index (κ3) is 5.53. The van der Waals surface area contributed by atoms with Crippen LogP contribution in [0.4, 0.5) is 11.4 Å². The highest BCUT2D eigenvalue weighted by atomic mass is 31.2. The van der Waals surface area contributed by atoms with Gasteiger partial charge in [-0.15, -0.1) is 0 Å². The highest BCUT2D eigenvalue weighted by molar-refractivity contribution is 7.52. The first kappa shape index (κ1) is 22.0. The van der Waals surface area contributed by atoms with Crippen LogP contribution in [0, 0.1) is 10.1 Å². The molecule has 4 rings (SSSR count). The standard InChI is InChI=1S/C23H24N3O5P/c27-26(28)20-10-12-21(13-11-20)31-32(29,30-17-18-6-2-1-3-7-18)25-15-14-19-16-24-23-9-5-4-8-22(19)23/h1-13,19,24H,14-17H2,(H,25,29). The van der Waals surface area contributed by atoms with Crippen molar-refractivity contribution in [3.63, 3.8) is 0 Å². The lowest BCUT2D eigenvalue weighted by Crippen LogP contribution is -2.20. The third-order valence-electron chi connectivity index (χ3n) is 5.25. The average Bonchev–Trinajstić information content (AvgIpc) is 3.22. The fraction of sp³-hybridized carbons (Fsp3) is 0.217. The lowest BCUT2D eigenvalue weighted by Gasteiger charge is -2.21. The molecule has 3 aromatic rings. The summed E-state index contributed by atoms with van der Waals surface area (Å²) in [6.07, 6.45) is 0.742. The number of benzene rings is 3. The molecule has 166 valence electrons. The summed E-state index contributed by atoms with van der Waals surface area (Å²) < 4.78 is 24.9. The van der Waals surface area contributed by atoms with Gasteiger partial charge < -0.3 is 9.84 Å². The van der Waals surface area contributed by atoms with Crippen molar-refractivity contribution >= 4 is 19.1 Å². The van der Waals surface area contributed by atoms with Crippen LogP contribution in [0.2, 0.25) is 0 Å². The maximum atomic E-state index is 13.5. The van der Waals surface area contributed by atoms with Crippen molar-refractivity contribution in [1.29, 1.82) is 0 Å². The topological polar surface area (TPSA) is 103 Å². The minimum absolute atomic E-state index is 0.0715. The number of para-hydroxylation sites is 1. The van der Waals surface area contributed by atoms with Gasteiger partial charge in [0.05, 0.1) is 11.5 Å². The van der Waals surface area contributed by atoms with E-state index in [9.17, 15) is 14.7 Å². The molecule has 2 unspecified atom stereocenters. The molecule has 0 bridgehead atoms. The van der Waals surface area contributed by atoms with Crippen LogP contribution in [-0.2, 0) is 15.7 Å². The van der Waals surface area contributed by atoms with E-state index in [2.05, 4.69) is 16.5 Å². The van der Waals surface area contributed by atoms with Gasteiger partial charge >= 0.3 is 7.75 Å². The minimum atomic E-state index is -3.73. The summed E-state index contributed by atoms with van der Waals surface area (Å²) in [5.41, 5.74) is 3.15. The zero-order chi connectivity index (χ0) is 22.4. The number of nitrogens with zero attached hydrogens (tertiary/aromatic N) is 1. The highest BCUT2D eigenvalue weighted by Gasteiger charge is 2.28. The number of rotatable bonds is 10. The zero-order valence-corrected chi connectivity index (χ0v) is 18.2. The predicted molar refractivity (Wildman–Crippen MR) is 123 cm³/mol. The van der Waals surface area contributed by atoms with Crippen molar-refractivity contribution in [3.8, 4) is 5.75 Å². The molecule has 32 heavy (non-hydrogen) atoms. The lowest BCUT2D eigenvalue weighted by molar-refractivity contribution is -0.384. The maximum absolute atomic E-state index is 13.5. The predicted octanol–water partition coefficient (Wildman–Crippen LogP) is 5.49. The number of hydrogen-bond donors (Lipinski definition) is 2. The second kappa shape index (κ2) is 9.96. The van der Waals surface area contributed by atoms with E-state index in [1.54, 1.807) is 0 Å². The Morgan fingerprint density at radius 1 is 1.03 bits per heavy atom. The monoisotopic (exact) mass is 453 g/mol. The molecule has 1 aliphatic heterocycles. The summed E-state index contributed by atoms with van der Waals surface area (Å²) in [7, 11) is -3.73. The Morgan fingerprint density at radius 3 is 2.50 bits per heavy atom. The van der Waals surface area contributed by atoms with E-state index in [0.29, 0.717) is 12.5 Å². The van der Waals surface area contributed by atoms with Crippen LogP contribution in [0.25, 0.3) is 0 Å². The summed E-state index contributed by atoms with van der Waals surface area (Å²) >= 11 is 0. The van der Waals surface area contributed by atoms with Gasteiger partial charge in [0.15, 0.2) is 0 Å². The number of fused-ring (bicyclic) bond motifs is 1. The normalized spacial score (nSPS) is 16.6. The third-order valence-corrected chi connectivity index (χ3v) is 6.79. The van der Waals surface area contributed by atoms with Crippen molar-refractivity contribution in [2.75, 3.05) is 18.4 Å². The molecule has 3 aromatic carbocycles. The number of nitro groups is 1. The molecule has 0 saturated heterocycles. The van der Waals surface area contributed by atoms with Crippen molar-refractivity contribution in [1.82, 2.24) is 5.09 Å². The van der Waals surface area contributed by atoms with E-state index < -0.39 is 12.7 Å². The van der Waals surface area contributed by atoms with Gasteiger partial charge in [-0.25, -0.2) is 9.65 Å². The largest absolute Gasteiger partial charge is 0.459 e. The summed E-state index contributed by atoms with van der Waals surface area (Å²) in [6.45, 7) is 1.34. The number of nitrogens with one attached hydrogen (secondary N) is 2. The Hall–Kier alpha value is -3.19. The molecular formula is C23H24N3O5P. The molecule has 0 radical (unpaired) electrons. The molecule has 0 aromatic heterocycles. The van der Waals surface area contributed by atoms with Crippen LogP contribution in [0.3, 0.4) is 0 Å². The van der Waals surface area contributed by atoms with E-state index in [1.807, 2.05) is 48.5 Å². The molecular weight excluding hydrogens is 429 g/mol. The van der Waals surface area contributed by atoms with Crippen LogP contribution in [-0.4, -0.2) is 18.0 Å². The first-order valence-corrected chi connectivity index (χ1v) is 11.9. The van der Waals surface area contributed by atoms with Gasteiger partial charge in [0.2, 0.25) is 0 Å². The summed E-state index contributed by atoms with van der Waals surface area (Å²) in [5.74, 6) is 0.521. The molecule has 0 amide bonds. The molecule has 0 fully saturated rings. The Kier molecular flexibility index (Phi) is 6.85. The Labute approximate surface area is 186 Å². The second-order valence-corrected chi connectivity index (χ2v) is 9.21. The maximum Gasteiger partial charge on any atom is 0.459 e. The SMILES string of the molecule is O=[N+]([O-])c1ccc(OP(=O)(NCCC2CNc3ccccc32)OCc2ccccc2)cc1. The van der Waals surface area contributed by atoms with E-state index in [4.69, 9.17) is 9.05 Å². The van der Waals surface area contributed by atoms with Crippen molar-refractivity contribution in [2.45, 2.75) is 18.9 Å². The highest BCUT2D eigenvalue weighted by Crippen LogP contribution is 2.45. The molecule has 0 aliphatic carbocycles. The van der Waals surface area contributed by atoms with Gasteiger partial charge in [-0.2, -0.15) is 0 Å². The number of non-ortho nitro benzene ring substituents is 1. The van der Waals surface area contributed by atoms with Gasteiger partial charge in [-0.3, -0.25) is 14.6 Å². The number of anilines is 1. The fourth-order valence-corrected chi connectivity index (χ4v) is 4.93. The Balaban J connectivity index is 1.43.